The number of fused-ring (bicyclic) bond motifs is 1. The molecule has 0 radical (unpaired) electrons. The van der Waals surface area contributed by atoms with Crippen LogP contribution in [0.25, 0.3) is 10.8 Å². The summed E-state index contributed by atoms with van der Waals surface area (Å²) in [6.07, 6.45) is 4.92. The Labute approximate surface area is 148 Å². The highest BCUT2D eigenvalue weighted by molar-refractivity contribution is 5.83. The maximum absolute atomic E-state index is 11.6. The van der Waals surface area contributed by atoms with Crippen LogP contribution in [0.5, 0.6) is 0 Å². The Kier molecular flexibility index (Phi) is 5.30. The maximum Gasteiger partial charge on any atom is 0.307 e. The van der Waals surface area contributed by atoms with Gasteiger partial charge in [0.05, 0.1) is 5.92 Å². The van der Waals surface area contributed by atoms with E-state index in [0.717, 1.165) is 17.4 Å². The summed E-state index contributed by atoms with van der Waals surface area (Å²) in [4.78, 5) is 11.6. The molecule has 0 saturated heterocycles. The summed E-state index contributed by atoms with van der Waals surface area (Å²) >= 11 is 0. The zero-order valence-corrected chi connectivity index (χ0v) is 14.3. The van der Waals surface area contributed by atoms with Gasteiger partial charge >= 0.3 is 5.97 Å². The first-order valence-electron chi connectivity index (χ1n) is 8.57. The summed E-state index contributed by atoms with van der Waals surface area (Å²) in [6.45, 7) is 1.77. The van der Waals surface area contributed by atoms with Crippen molar-refractivity contribution in [2.75, 3.05) is 0 Å². The van der Waals surface area contributed by atoms with Crippen LogP contribution in [0, 0.1) is 5.92 Å². The topological polar surface area (TPSA) is 37.3 Å². The van der Waals surface area contributed by atoms with Crippen molar-refractivity contribution >= 4 is 16.7 Å². The molecule has 0 unspecified atom stereocenters. The number of carboxylic acid groups (broad SMARTS) is 1. The van der Waals surface area contributed by atoms with Crippen molar-refractivity contribution in [3.8, 4) is 0 Å². The molecule has 2 heteroatoms. The highest BCUT2D eigenvalue weighted by Crippen LogP contribution is 2.29. The van der Waals surface area contributed by atoms with Gasteiger partial charge in [-0.25, -0.2) is 0 Å². The fourth-order valence-corrected chi connectivity index (χ4v) is 3.10. The van der Waals surface area contributed by atoms with Crippen molar-refractivity contribution in [1.29, 1.82) is 0 Å². The lowest BCUT2D eigenvalue weighted by atomic mass is 9.85. The average molecular weight is 330 g/mol. The highest BCUT2D eigenvalue weighted by atomic mass is 16.4. The van der Waals surface area contributed by atoms with Crippen LogP contribution in [0.4, 0.5) is 0 Å². The molecular weight excluding hydrogens is 308 g/mol. The number of carbonyl (C=O) groups is 1. The van der Waals surface area contributed by atoms with Gasteiger partial charge in [0, 0.05) is 5.92 Å². The summed E-state index contributed by atoms with van der Waals surface area (Å²) < 4.78 is 0. The fourth-order valence-electron chi connectivity index (χ4n) is 3.10. The molecule has 2 atom stereocenters. The molecule has 0 amide bonds. The maximum atomic E-state index is 11.6. The van der Waals surface area contributed by atoms with Gasteiger partial charge in [0.2, 0.25) is 0 Å². The zero-order valence-electron chi connectivity index (χ0n) is 14.3. The molecule has 0 fully saturated rings. The van der Waals surface area contributed by atoms with E-state index in [9.17, 15) is 9.90 Å². The van der Waals surface area contributed by atoms with E-state index in [-0.39, 0.29) is 5.92 Å². The minimum Gasteiger partial charge on any atom is -0.481 e. The van der Waals surface area contributed by atoms with Crippen molar-refractivity contribution in [1.82, 2.24) is 0 Å². The van der Waals surface area contributed by atoms with Crippen LogP contribution in [0.1, 0.15) is 24.0 Å². The van der Waals surface area contributed by atoms with Gasteiger partial charge in [-0.2, -0.15) is 0 Å². The molecule has 0 saturated carbocycles. The van der Waals surface area contributed by atoms with E-state index in [1.165, 1.54) is 10.9 Å². The molecule has 0 aliphatic carbocycles. The third kappa shape index (κ3) is 4.16. The predicted molar refractivity (Wildman–Crippen MR) is 103 cm³/mol. The third-order valence-corrected chi connectivity index (χ3v) is 4.63. The number of benzene rings is 3. The van der Waals surface area contributed by atoms with Gasteiger partial charge in [-0.3, -0.25) is 4.79 Å². The van der Waals surface area contributed by atoms with Gasteiger partial charge in [-0.15, -0.1) is 0 Å². The Morgan fingerprint density at radius 1 is 0.960 bits per heavy atom. The lowest BCUT2D eigenvalue weighted by Crippen LogP contribution is -2.17. The van der Waals surface area contributed by atoms with Gasteiger partial charge in [-0.05, 0) is 28.3 Å². The van der Waals surface area contributed by atoms with Crippen molar-refractivity contribution in [3.63, 3.8) is 0 Å². The van der Waals surface area contributed by atoms with Crippen LogP contribution in [0.3, 0.4) is 0 Å². The minimum atomic E-state index is -0.775. The summed E-state index contributed by atoms with van der Waals surface area (Å²) in [5.74, 6) is -1.40. The van der Waals surface area contributed by atoms with E-state index < -0.39 is 11.9 Å². The lowest BCUT2D eigenvalue weighted by Gasteiger charge is -2.18. The summed E-state index contributed by atoms with van der Waals surface area (Å²) in [6, 6.07) is 24.6. The Morgan fingerprint density at radius 3 is 2.36 bits per heavy atom. The molecule has 0 aliphatic rings. The smallest absolute Gasteiger partial charge is 0.307 e. The quantitative estimate of drug-likeness (QED) is 0.611. The monoisotopic (exact) mass is 330 g/mol. The van der Waals surface area contributed by atoms with Crippen LogP contribution >= 0.6 is 0 Å². The van der Waals surface area contributed by atoms with Gasteiger partial charge in [0.1, 0.15) is 0 Å². The first-order chi connectivity index (χ1) is 12.1. The van der Waals surface area contributed by atoms with Crippen molar-refractivity contribution in [2.45, 2.75) is 19.3 Å². The molecule has 0 heterocycles. The Bertz CT molecular complexity index is 881. The van der Waals surface area contributed by atoms with Crippen molar-refractivity contribution < 1.29 is 9.90 Å². The molecule has 2 nitrogen and oxygen atoms in total. The zero-order chi connectivity index (χ0) is 17.6. The van der Waals surface area contributed by atoms with Gasteiger partial charge in [0.25, 0.3) is 0 Å². The normalized spacial score (nSPS) is 13.8. The summed E-state index contributed by atoms with van der Waals surface area (Å²) in [5, 5.41) is 11.8. The molecule has 0 spiro atoms. The molecule has 0 aliphatic heterocycles. The SMILES string of the molecule is C[C@@H](C(=O)O)[C@H](/C=C/Cc1ccccc1)c1ccc2ccccc2c1. The molecule has 126 valence electrons. The number of allylic oxidation sites excluding steroid dienone is 2. The second kappa shape index (κ2) is 7.80. The Balaban J connectivity index is 1.89. The van der Waals surface area contributed by atoms with Crippen LogP contribution < -0.4 is 0 Å². The number of hydrogen-bond donors (Lipinski definition) is 1. The molecular formula is C23H22O2. The molecule has 0 aromatic heterocycles. The summed E-state index contributed by atoms with van der Waals surface area (Å²) in [7, 11) is 0. The van der Waals surface area contributed by atoms with Gasteiger partial charge < -0.3 is 5.11 Å². The van der Waals surface area contributed by atoms with Crippen LogP contribution in [-0.2, 0) is 11.2 Å². The van der Waals surface area contributed by atoms with Crippen LogP contribution in [-0.4, -0.2) is 11.1 Å². The largest absolute Gasteiger partial charge is 0.481 e. The number of rotatable bonds is 6. The van der Waals surface area contributed by atoms with E-state index in [1.807, 2.05) is 42.5 Å². The predicted octanol–water partition coefficient (Wildman–Crippen LogP) is 5.44. The average Bonchev–Trinajstić information content (AvgIpc) is 2.65. The van der Waals surface area contributed by atoms with Gasteiger partial charge in [-0.1, -0.05) is 91.9 Å². The van der Waals surface area contributed by atoms with Crippen LogP contribution in [0.15, 0.2) is 84.9 Å². The van der Waals surface area contributed by atoms with E-state index in [1.54, 1.807) is 6.92 Å². The second-order valence-electron chi connectivity index (χ2n) is 6.38. The molecule has 1 N–H and O–H groups in total. The van der Waals surface area contributed by atoms with E-state index in [0.29, 0.717) is 0 Å². The van der Waals surface area contributed by atoms with E-state index in [2.05, 4.69) is 42.5 Å². The van der Waals surface area contributed by atoms with E-state index >= 15 is 0 Å². The van der Waals surface area contributed by atoms with Crippen molar-refractivity contribution in [3.05, 3.63) is 96.1 Å². The third-order valence-electron chi connectivity index (χ3n) is 4.63. The second-order valence-corrected chi connectivity index (χ2v) is 6.38. The Morgan fingerprint density at radius 2 is 1.64 bits per heavy atom. The Hall–Kier alpha value is -2.87. The minimum absolute atomic E-state index is 0.147. The fraction of sp³-hybridized carbons (Fsp3) is 0.174. The first kappa shape index (κ1) is 17.0. The lowest BCUT2D eigenvalue weighted by molar-refractivity contribution is -0.141. The van der Waals surface area contributed by atoms with Gasteiger partial charge in [0.15, 0.2) is 0 Å². The molecule has 3 aromatic rings. The number of aliphatic carboxylic acids is 1. The van der Waals surface area contributed by atoms with E-state index in [4.69, 9.17) is 0 Å². The molecule has 3 rings (SSSR count). The van der Waals surface area contributed by atoms with Crippen molar-refractivity contribution in [2.24, 2.45) is 5.92 Å². The molecule has 0 bridgehead atoms. The van der Waals surface area contributed by atoms with Crippen LogP contribution in [0.2, 0.25) is 0 Å². The summed E-state index contributed by atoms with van der Waals surface area (Å²) in [5.41, 5.74) is 2.26. The number of carboxylic acids is 1. The highest BCUT2D eigenvalue weighted by Gasteiger charge is 2.23. The number of hydrogen-bond acceptors (Lipinski definition) is 1. The standard InChI is InChI=1S/C23H22O2/c1-17(23(24)25)22(13-7-10-18-8-3-2-4-9-18)21-15-14-19-11-5-6-12-20(19)16-21/h2-9,11-17,22H,10H2,1H3,(H,24,25)/b13-7+/t17-,22+/m1/s1. The molecule has 3 aromatic carbocycles. The first-order valence-corrected chi connectivity index (χ1v) is 8.57. The molecule has 25 heavy (non-hydrogen) atoms.